The van der Waals surface area contributed by atoms with Gasteiger partial charge >= 0.3 is 6.18 Å². The van der Waals surface area contributed by atoms with Crippen LogP contribution in [0, 0.1) is 6.92 Å². The highest BCUT2D eigenvalue weighted by atomic mass is 32.2. The molecule has 0 atom stereocenters. The molecule has 9 heteroatoms. The lowest BCUT2D eigenvalue weighted by atomic mass is 10.1. The van der Waals surface area contributed by atoms with Crippen LogP contribution in [0.1, 0.15) is 11.1 Å². The van der Waals surface area contributed by atoms with Crippen molar-refractivity contribution in [1.29, 1.82) is 0 Å². The summed E-state index contributed by atoms with van der Waals surface area (Å²) in [5.41, 5.74) is 7.40. The van der Waals surface area contributed by atoms with Crippen molar-refractivity contribution in [2.45, 2.75) is 19.6 Å². The van der Waals surface area contributed by atoms with Crippen LogP contribution in [0.25, 0.3) is 0 Å². The van der Waals surface area contributed by atoms with Gasteiger partial charge in [0.05, 0.1) is 0 Å². The molecule has 0 saturated heterocycles. The minimum atomic E-state index is -4.60. The Morgan fingerprint density at radius 3 is 2.47 bits per heavy atom. The van der Waals surface area contributed by atoms with Gasteiger partial charge in [-0.05, 0) is 24.1 Å². The molecule has 0 radical (unpaired) electrons. The summed E-state index contributed by atoms with van der Waals surface area (Å²) < 4.78 is 61.7. The summed E-state index contributed by atoms with van der Waals surface area (Å²) in [5.74, 6) is 0. The lowest BCUT2D eigenvalue weighted by Gasteiger charge is -2.12. The second-order valence-corrected chi connectivity index (χ2v) is 5.48. The Kier molecular flexibility index (Phi) is 4.77. The van der Waals surface area contributed by atoms with E-state index in [1.165, 1.54) is 4.72 Å². The number of anilines is 1. The zero-order valence-electron chi connectivity index (χ0n) is 10.1. The molecule has 1 aromatic rings. The third-order valence-electron chi connectivity index (χ3n) is 2.40. The van der Waals surface area contributed by atoms with Crippen LogP contribution in [-0.2, 0) is 16.8 Å². The minimum absolute atomic E-state index is 0.135. The zero-order valence-corrected chi connectivity index (χ0v) is 10.9. The Hall–Kier alpha value is -1.32. The van der Waals surface area contributed by atoms with E-state index in [2.05, 4.69) is 0 Å². The average Bonchev–Trinajstić information content (AvgIpc) is 2.28. The van der Waals surface area contributed by atoms with Crippen molar-refractivity contribution in [1.82, 2.24) is 9.44 Å². The molecular formula is C10H14F3N3O2S. The third-order valence-corrected chi connectivity index (χ3v) is 3.45. The number of halogens is 3. The number of benzene rings is 1. The van der Waals surface area contributed by atoms with E-state index in [1.54, 1.807) is 25.1 Å². The molecule has 0 unspecified atom stereocenters. The molecule has 19 heavy (non-hydrogen) atoms. The van der Waals surface area contributed by atoms with E-state index in [0.29, 0.717) is 16.8 Å². The Morgan fingerprint density at radius 1 is 1.26 bits per heavy atom. The quantitative estimate of drug-likeness (QED) is 0.711. The molecule has 0 bridgehead atoms. The molecule has 0 saturated carbocycles. The van der Waals surface area contributed by atoms with Crippen molar-refractivity contribution in [3.63, 3.8) is 0 Å². The molecule has 1 rings (SSSR count). The molecular weight excluding hydrogens is 283 g/mol. The van der Waals surface area contributed by atoms with Gasteiger partial charge in [0.2, 0.25) is 0 Å². The number of alkyl halides is 3. The van der Waals surface area contributed by atoms with E-state index in [4.69, 9.17) is 5.73 Å². The van der Waals surface area contributed by atoms with Gasteiger partial charge < -0.3 is 5.73 Å². The lowest BCUT2D eigenvalue weighted by molar-refractivity contribution is -0.121. The second-order valence-electron chi connectivity index (χ2n) is 3.89. The first-order chi connectivity index (χ1) is 8.61. The standard InChI is InChI=1S/C10H14F3N3O2S/c1-7-8(3-2-4-9(7)14)5-15-19(17,18)16-6-10(11,12)13/h2-4,15-16H,5-6,14H2,1H3. The predicted octanol–water partition coefficient (Wildman–Crippen LogP) is 1.06. The van der Waals surface area contributed by atoms with Gasteiger partial charge in [-0.1, -0.05) is 12.1 Å². The molecule has 0 aliphatic carbocycles. The number of hydrogen-bond donors (Lipinski definition) is 3. The van der Waals surface area contributed by atoms with E-state index in [0.717, 1.165) is 0 Å². The largest absolute Gasteiger partial charge is 0.402 e. The van der Waals surface area contributed by atoms with Crippen molar-refractivity contribution in [2.75, 3.05) is 12.3 Å². The highest BCUT2D eigenvalue weighted by molar-refractivity contribution is 7.87. The number of nitrogens with two attached hydrogens (primary N) is 1. The fourth-order valence-corrected chi connectivity index (χ4v) is 2.10. The lowest BCUT2D eigenvalue weighted by Crippen LogP contribution is -2.41. The van der Waals surface area contributed by atoms with Gasteiger partial charge in [0, 0.05) is 12.2 Å². The number of rotatable bonds is 5. The number of hydrogen-bond acceptors (Lipinski definition) is 3. The molecule has 0 aliphatic rings. The molecule has 0 aromatic heterocycles. The zero-order chi connectivity index (χ0) is 14.7. The summed E-state index contributed by atoms with van der Waals surface area (Å²) in [5, 5.41) is 0. The molecule has 0 heterocycles. The van der Waals surface area contributed by atoms with E-state index in [9.17, 15) is 21.6 Å². The summed E-state index contributed by atoms with van der Waals surface area (Å²) in [6.07, 6.45) is -4.60. The summed E-state index contributed by atoms with van der Waals surface area (Å²) in [4.78, 5) is 0. The molecule has 0 fully saturated rings. The van der Waals surface area contributed by atoms with E-state index in [-0.39, 0.29) is 6.54 Å². The monoisotopic (exact) mass is 297 g/mol. The SMILES string of the molecule is Cc1c(N)cccc1CNS(=O)(=O)NCC(F)(F)F. The van der Waals surface area contributed by atoms with Gasteiger partial charge in [-0.2, -0.15) is 31.0 Å². The number of nitrogens with one attached hydrogen (secondary N) is 2. The molecule has 0 spiro atoms. The maximum absolute atomic E-state index is 11.9. The maximum atomic E-state index is 11.9. The van der Waals surface area contributed by atoms with E-state index in [1.807, 2.05) is 4.72 Å². The first kappa shape index (κ1) is 15.7. The Balaban J connectivity index is 2.63. The molecule has 108 valence electrons. The summed E-state index contributed by atoms with van der Waals surface area (Å²) >= 11 is 0. The Morgan fingerprint density at radius 2 is 1.89 bits per heavy atom. The normalized spacial score (nSPS) is 12.6. The van der Waals surface area contributed by atoms with Gasteiger partial charge in [-0.25, -0.2) is 0 Å². The van der Waals surface area contributed by atoms with Crippen LogP contribution in [0.4, 0.5) is 18.9 Å². The minimum Gasteiger partial charge on any atom is -0.399 e. The average molecular weight is 297 g/mol. The van der Waals surface area contributed by atoms with Crippen LogP contribution in [0.2, 0.25) is 0 Å². The fourth-order valence-electron chi connectivity index (χ4n) is 1.30. The molecule has 0 aliphatic heterocycles. The smallest absolute Gasteiger partial charge is 0.399 e. The van der Waals surface area contributed by atoms with Crippen LogP contribution in [-0.4, -0.2) is 21.1 Å². The fraction of sp³-hybridized carbons (Fsp3) is 0.400. The van der Waals surface area contributed by atoms with Crippen molar-refractivity contribution < 1.29 is 21.6 Å². The predicted molar refractivity (Wildman–Crippen MR) is 65.4 cm³/mol. The van der Waals surface area contributed by atoms with E-state index < -0.39 is 22.9 Å². The summed E-state index contributed by atoms with van der Waals surface area (Å²) in [6, 6.07) is 4.92. The molecule has 4 N–H and O–H groups in total. The first-order valence-electron chi connectivity index (χ1n) is 5.26. The topological polar surface area (TPSA) is 84.2 Å². The van der Waals surface area contributed by atoms with Crippen LogP contribution < -0.4 is 15.2 Å². The van der Waals surface area contributed by atoms with Crippen molar-refractivity contribution in [2.24, 2.45) is 0 Å². The number of nitrogen functional groups attached to an aromatic ring is 1. The van der Waals surface area contributed by atoms with E-state index >= 15 is 0 Å². The van der Waals surface area contributed by atoms with Gasteiger partial charge in [0.15, 0.2) is 0 Å². The van der Waals surface area contributed by atoms with Crippen LogP contribution in [0.5, 0.6) is 0 Å². The summed E-state index contributed by atoms with van der Waals surface area (Å²) in [7, 11) is -4.20. The Labute approximate surface area is 109 Å². The van der Waals surface area contributed by atoms with Gasteiger partial charge in [-0.3, -0.25) is 0 Å². The van der Waals surface area contributed by atoms with Crippen molar-refractivity contribution >= 4 is 15.9 Å². The van der Waals surface area contributed by atoms with Crippen molar-refractivity contribution in [3.05, 3.63) is 29.3 Å². The van der Waals surface area contributed by atoms with Gasteiger partial charge in [0.25, 0.3) is 10.2 Å². The Bertz CT molecular complexity index is 543. The highest BCUT2D eigenvalue weighted by Crippen LogP contribution is 2.15. The van der Waals surface area contributed by atoms with Crippen LogP contribution in [0.3, 0.4) is 0 Å². The van der Waals surface area contributed by atoms with Crippen LogP contribution in [0.15, 0.2) is 18.2 Å². The van der Waals surface area contributed by atoms with Gasteiger partial charge in [0.1, 0.15) is 6.54 Å². The second kappa shape index (κ2) is 5.76. The molecule has 5 nitrogen and oxygen atoms in total. The third kappa shape index (κ3) is 5.45. The molecule has 1 aromatic carbocycles. The summed E-state index contributed by atoms with van der Waals surface area (Å²) in [6.45, 7) is -0.0512. The van der Waals surface area contributed by atoms with Gasteiger partial charge in [-0.15, -0.1) is 0 Å². The highest BCUT2D eigenvalue weighted by Gasteiger charge is 2.29. The molecule has 0 amide bonds. The van der Waals surface area contributed by atoms with Crippen LogP contribution >= 0.6 is 0 Å². The maximum Gasteiger partial charge on any atom is 0.402 e. The first-order valence-corrected chi connectivity index (χ1v) is 6.74. The van der Waals surface area contributed by atoms with Crippen molar-refractivity contribution in [3.8, 4) is 0 Å².